The second kappa shape index (κ2) is 5.28. The van der Waals surface area contributed by atoms with Gasteiger partial charge in [0.05, 0.1) is 0 Å². The molecule has 0 aliphatic carbocycles. The fraction of sp³-hybridized carbons (Fsp3) is 1.00. The fourth-order valence-electron chi connectivity index (χ4n) is 2.78. The van der Waals surface area contributed by atoms with Gasteiger partial charge in [0.1, 0.15) is 0 Å². The molecule has 0 amide bonds. The average Bonchev–Trinajstić information content (AvgIpc) is 2.25. The van der Waals surface area contributed by atoms with Crippen molar-refractivity contribution in [3.8, 4) is 0 Å². The zero-order valence-electron chi connectivity index (χ0n) is 11.0. The minimum Gasteiger partial charge on any atom is -0.309 e. The number of piperazine rings is 1. The second-order valence-corrected chi connectivity index (χ2v) is 7.32. The van der Waals surface area contributed by atoms with E-state index >= 15 is 0 Å². The summed E-state index contributed by atoms with van der Waals surface area (Å²) in [7, 11) is 0. The maximum Gasteiger partial charge on any atom is 0.0252 e. The highest BCUT2D eigenvalue weighted by Gasteiger charge is 2.31. The quantitative estimate of drug-likeness (QED) is 0.799. The highest BCUT2D eigenvalue weighted by Crippen LogP contribution is 2.25. The molecule has 0 radical (unpaired) electrons. The lowest BCUT2D eigenvalue weighted by Crippen LogP contribution is -2.61. The van der Waals surface area contributed by atoms with Crippen molar-refractivity contribution in [2.45, 2.75) is 45.2 Å². The number of hydrogen-bond donors (Lipinski definition) is 1. The SMILES string of the molecule is CC1CNC(C)(C)CN1CC1CCSCC1. The third kappa shape index (κ3) is 3.38. The van der Waals surface area contributed by atoms with Gasteiger partial charge in [0.25, 0.3) is 0 Å². The van der Waals surface area contributed by atoms with Gasteiger partial charge in [-0.15, -0.1) is 0 Å². The van der Waals surface area contributed by atoms with E-state index in [0.29, 0.717) is 11.6 Å². The molecule has 0 aromatic carbocycles. The van der Waals surface area contributed by atoms with Gasteiger partial charge in [0.15, 0.2) is 0 Å². The zero-order chi connectivity index (χ0) is 11.6. The summed E-state index contributed by atoms with van der Waals surface area (Å²) in [6, 6.07) is 0.711. The molecule has 2 rings (SSSR count). The van der Waals surface area contributed by atoms with E-state index in [2.05, 4.69) is 42.7 Å². The molecule has 2 aliphatic rings. The van der Waals surface area contributed by atoms with Crippen LogP contribution < -0.4 is 5.32 Å². The van der Waals surface area contributed by atoms with E-state index in [0.717, 1.165) is 12.5 Å². The summed E-state index contributed by atoms with van der Waals surface area (Å²) < 4.78 is 0. The number of thioether (sulfide) groups is 1. The first-order valence-electron chi connectivity index (χ1n) is 6.64. The van der Waals surface area contributed by atoms with E-state index in [1.54, 1.807) is 0 Å². The van der Waals surface area contributed by atoms with Crippen molar-refractivity contribution >= 4 is 11.8 Å². The average molecular weight is 242 g/mol. The van der Waals surface area contributed by atoms with Crippen molar-refractivity contribution in [1.82, 2.24) is 10.2 Å². The first kappa shape index (κ1) is 12.7. The van der Waals surface area contributed by atoms with Gasteiger partial charge >= 0.3 is 0 Å². The Morgan fingerprint density at radius 3 is 2.69 bits per heavy atom. The summed E-state index contributed by atoms with van der Waals surface area (Å²) >= 11 is 2.13. The first-order valence-corrected chi connectivity index (χ1v) is 7.79. The lowest BCUT2D eigenvalue weighted by Gasteiger charge is -2.45. The van der Waals surface area contributed by atoms with Crippen molar-refractivity contribution in [2.75, 3.05) is 31.1 Å². The maximum atomic E-state index is 3.63. The van der Waals surface area contributed by atoms with Crippen LogP contribution in [-0.2, 0) is 0 Å². The number of rotatable bonds is 2. The molecule has 2 fully saturated rings. The predicted molar refractivity (Wildman–Crippen MR) is 73.2 cm³/mol. The molecule has 2 nitrogen and oxygen atoms in total. The first-order chi connectivity index (χ1) is 7.57. The maximum absolute atomic E-state index is 3.63. The minimum atomic E-state index is 0.302. The van der Waals surface area contributed by atoms with Crippen LogP contribution >= 0.6 is 11.8 Å². The van der Waals surface area contributed by atoms with Gasteiger partial charge in [0, 0.05) is 31.2 Å². The Hall–Kier alpha value is 0.270. The van der Waals surface area contributed by atoms with Gasteiger partial charge in [-0.1, -0.05) is 0 Å². The highest BCUT2D eigenvalue weighted by molar-refractivity contribution is 7.99. The summed E-state index contributed by atoms with van der Waals surface area (Å²) in [6.45, 7) is 10.7. The van der Waals surface area contributed by atoms with Crippen LogP contribution in [0.2, 0.25) is 0 Å². The van der Waals surface area contributed by atoms with E-state index in [1.165, 1.54) is 37.4 Å². The smallest absolute Gasteiger partial charge is 0.0252 e. The third-order valence-corrected chi connectivity index (χ3v) is 4.98. The number of nitrogens with zero attached hydrogens (tertiary/aromatic N) is 1. The normalized spacial score (nSPS) is 32.8. The molecule has 1 unspecified atom stereocenters. The van der Waals surface area contributed by atoms with Crippen LogP contribution in [0.5, 0.6) is 0 Å². The molecule has 1 N–H and O–H groups in total. The molecule has 94 valence electrons. The van der Waals surface area contributed by atoms with Crippen LogP contribution in [0.15, 0.2) is 0 Å². The molecule has 2 aliphatic heterocycles. The third-order valence-electron chi connectivity index (χ3n) is 3.93. The summed E-state index contributed by atoms with van der Waals surface area (Å²) in [5.74, 6) is 3.72. The molecule has 2 heterocycles. The monoisotopic (exact) mass is 242 g/mol. The van der Waals surface area contributed by atoms with Gasteiger partial charge in [-0.3, -0.25) is 4.90 Å². The Kier molecular flexibility index (Phi) is 4.20. The fourth-order valence-corrected chi connectivity index (χ4v) is 3.98. The molecule has 0 spiro atoms. The van der Waals surface area contributed by atoms with Crippen molar-refractivity contribution in [2.24, 2.45) is 5.92 Å². The Morgan fingerprint density at radius 2 is 2.00 bits per heavy atom. The van der Waals surface area contributed by atoms with Gasteiger partial charge < -0.3 is 5.32 Å². The number of nitrogens with one attached hydrogen (secondary N) is 1. The molecular weight excluding hydrogens is 216 g/mol. The lowest BCUT2D eigenvalue weighted by molar-refractivity contribution is 0.0861. The molecular formula is C13H26N2S. The molecule has 2 saturated heterocycles. The van der Waals surface area contributed by atoms with Crippen LogP contribution in [0.1, 0.15) is 33.6 Å². The Balaban J connectivity index is 1.86. The van der Waals surface area contributed by atoms with E-state index in [1.807, 2.05) is 0 Å². The van der Waals surface area contributed by atoms with Gasteiger partial charge in [-0.05, 0) is 51.0 Å². The standard InChI is InChI=1S/C13H26N2S/c1-11-8-14-13(2,3)10-15(11)9-12-4-6-16-7-5-12/h11-12,14H,4-10H2,1-3H3. The van der Waals surface area contributed by atoms with Crippen LogP contribution in [0.25, 0.3) is 0 Å². The topological polar surface area (TPSA) is 15.3 Å². The number of hydrogen-bond acceptors (Lipinski definition) is 3. The Labute approximate surface area is 105 Å². The van der Waals surface area contributed by atoms with Crippen molar-refractivity contribution in [1.29, 1.82) is 0 Å². The summed E-state index contributed by atoms with van der Waals surface area (Å²) in [5.41, 5.74) is 0.302. The molecule has 0 bridgehead atoms. The van der Waals surface area contributed by atoms with Crippen LogP contribution in [0, 0.1) is 5.92 Å². The van der Waals surface area contributed by atoms with Crippen LogP contribution in [-0.4, -0.2) is 47.6 Å². The molecule has 0 aromatic rings. The van der Waals surface area contributed by atoms with Crippen LogP contribution in [0.4, 0.5) is 0 Å². The van der Waals surface area contributed by atoms with E-state index in [-0.39, 0.29) is 0 Å². The molecule has 0 saturated carbocycles. The van der Waals surface area contributed by atoms with Gasteiger partial charge in [-0.2, -0.15) is 11.8 Å². The lowest BCUT2D eigenvalue weighted by atomic mass is 9.95. The second-order valence-electron chi connectivity index (χ2n) is 6.10. The minimum absolute atomic E-state index is 0.302. The van der Waals surface area contributed by atoms with E-state index < -0.39 is 0 Å². The van der Waals surface area contributed by atoms with E-state index in [9.17, 15) is 0 Å². The van der Waals surface area contributed by atoms with Crippen molar-refractivity contribution in [3.05, 3.63) is 0 Å². The Bertz CT molecular complexity index is 224. The van der Waals surface area contributed by atoms with Crippen molar-refractivity contribution < 1.29 is 0 Å². The molecule has 3 heteroatoms. The Morgan fingerprint density at radius 1 is 1.31 bits per heavy atom. The van der Waals surface area contributed by atoms with Gasteiger partial charge in [-0.25, -0.2) is 0 Å². The zero-order valence-corrected chi connectivity index (χ0v) is 11.8. The summed E-state index contributed by atoms with van der Waals surface area (Å²) in [6.07, 6.45) is 2.86. The summed E-state index contributed by atoms with van der Waals surface area (Å²) in [4.78, 5) is 2.71. The molecule has 16 heavy (non-hydrogen) atoms. The predicted octanol–water partition coefficient (Wildman–Crippen LogP) is 2.20. The van der Waals surface area contributed by atoms with E-state index in [4.69, 9.17) is 0 Å². The highest BCUT2D eigenvalue weighted by atomic mass is 32.2. The van der Waals surface area contributed by atoms with Gasteiger partial charge in [0.2, 0.25) is 0 Å². The largest absolute Gasteiger partial charge is 0.309 e. The molecule has 1 atom stereocenters. The van der Waals surface area contributed by atoms with Crippen LogP contribution in [0.3, 0.4) is 0 Å². The molecule has 0 aromatic heterocycles. The summed E-state index contributed by atoms with van der Waals surface area (Å²) in [5, 5.41) is 3.63. The van der Waals surface area contributed by atoms with Crippen molar-refractivity contribution in [3.63, 3.8) is 0 Å².